The standard InChI is InChI=1S/C17H33N3/c1-14(2)9-7-6-8-12-20-17(13-18-19-20)11-10-16(5)15(3)4/h13-16H,6-12H2,1-5H3. The Morgan fingerprint density at radius 2 is 1.75 bits per heavy atom. The molecule has 3 nitrogen and oxygen atoms in total. The van der Waals surface area contributed by atoms with Gasteiger partial charge in [0.1, 0.15) is 0 Å². The second-order valence-corrected chi connectivity index (χ2v) is 6.95. The molecule has 1 atom stereocenters. The van der Waals surface area contributed by atoms with Crippen LogP contribution in [0, 0.1) is 17.8 Å². The van der Waals surface area contributed by atoms with Crippen molar-refractivity contribution in [1.29, 1.82) is 0 Å². The second kappa shape index (κ2) is 9.15. The van der Waals surface area contributed by atoms with E-state index in [-0.39, 0.29) is 0 Å². The smallest absolute Gasteiger partial charge is 0.0725 e. The summed E-state index contributed by atoms with van der Waals surface area (Å²) in [5.41, 5.74) is 1.31. The highest BCUT2D eigenvalue weighted by Gasteiger charge is 2.10. The lowest BCUT2D eigenvalue weighted by atomic mass is 9.93. The molecule has 116 valence electrons. The molecule has 0 aromatic carbocycles. The van der Waals surface area contributed by atoms with Gasteiger partial charge in [0.15, 0.2) is 0 Å². The van der Waals surface area contributed by atoms with Crippen LogP contribution in [0.25, 0.3) is 0 Å². The zero-order chi connectivity index (χ0) is 15.0. The maximum atomic E-state index is 4.24. The highest BCUT2D eigenvalue weighted by atomic mass is 15.4. The van der Waals surface area contributed by atoms with Crippen LogP contribution in [0.4, 0.5) is 0 Å². The summed E-state index contributed by atoms with van der Waals surface area (Å²) in [4.78, 5) is 0. The van der Waals surface area contributed by atoms with Gasteiger partial charge in [0.05, 0.1) is 11.9 Å². The van der Waals surface area contributed by atoms with Crippen molar-refractivity contribution in [2.24, 2.45) is 17.8 Å². The van der Waals surface area contributed by atoms with Crippen LogP contribution in [0.2, 0.25) is 0 Å². The molecule has 1 aromatic heterocycles. The Labute approximate surface area is 125 Å². The number of aryl methyl sites for hydroxylation is 2. The Bertz CT molecular complexity index is 355. The summed E-state index contributed by atoms with van der Waals surface area (Å²) in [6.07, 6.45) is 9.50. The molecule has 0 fully saturated rings. The highest BCUT2D eigenvalue weighted by Crippen LogP contribution is 2.17. The van der Waals surface area contributed by atoms with Gasteiger partial charge in [0, 0.05) is 6.54 Å². The van der Waals surface area contributed by atoms with Crippen LogP contribution in [0.3, 0.4) is 0 Å². The van der Waals surface area contributed by atoms with Gasteiger partial charge in [-0.25, -0.2) is 4.68 Å². The van der Waals surface area contributed by atoms with Gasteiger partial charge < -0.3 is 0 Å². The van der Waals surface area contributed by atoms with Crippen LogP contribution in [-0.2, 0) is 13.0 Å². The number of unbranched alkanes of at least 4 members (excludes halogenated alkanes) is 2. The Kier molecular flexibility index (Phi) is 7.86. The van der Waals surface area contributed by atoms with Crippen LogP contribution < -0.4 is 0 Å². The largest absolute Gasteiger partial charge is 0.249 e. The molecule has 1 aromatic rings. The van der Waals surface area contributed by atoms with Gasteiger partial charge >= 0.3 is 0 Å². The molecule has 0 amide bonds. The molecule has 0 saturated heterocycles. The van der Waals surface area contributed by atoms with Gasteiger partial charge in [-0.15, -0.1) is 5.10 Å². The molecule has 3 heteroatoms. The van der Waals surface area contributed by atoms with Gasteiger partial charge in [0.2, 0.25) is 0 Å². The highest BCUT2D eigenvalue weighted by molar-refractivity contribution is 4.94. The van der Waals surface area contributed by atoms with E-state index in [9.17, 15) is 0 Å². The normalized spacial score (nSPS) is 13.3. The van der Waals surface area contributed by atoms with Crippen LogP contribution in [0.1, 0.15) is 72.4 Å². The molecule has 0 aliphatic heterocycles. The summed E-state index contributed by atoms with van der Waals surface area (Å²) in [6.45, 7) is 12.6. The maximum Gasteiger partial charge on any atom is 0.0725 e. The van der Waals surface area contributed by atoms with Crippen molar-refractivity contribution in [1.82, 2.24) is 15.0 Å². The predicted octanol–water partition coefficient (Wildman–Crippen LogP) is 4.72. The lowest BCUT2D eigenvalue weighted by Gasteiger charge is -2.15. The fraction of sp³-hybridized carbons (Fsp3) is 0.882. The molecule has 0 spiro atoms. The summed E-state index contributed by atoms with van der Waals surface area (Å²) in [5, 5.41) is 8.32. The first-order valence-corrected chi connectivity index (χ1v) is 8.38. The third-order valence-electron chi connectivity index (χ3n) is 4.34. The molecule has 0 bridgehead atoms. The molecular formula is C17H33N3. The molecule has 0 aliphatic rings. The SMILES string of the molecule is CC(C)CCCCCn1nncc1CCC(C)C(C)C. The van der Waals surface area contributed by atoms with E-state index in [1.165, 1.54) is 37.8 Å². The van der Waals surface area contributed by atoms with Crippen LogP contribution in [0.15, 0.2) is 6.20 Å². The number of aromatic nitrogens is 3. The van der Waals surface area contributed by atoms with Gasteiger partial charge in [-0.05, 0) is 37.0 Å². The lowest BCUT2D eigenvalue weighted by Crippen LogP contribution is -2.09. The fourth-order valence-corrected chi connectivity index (χ4v) is 2.36. The molecule has 1 unspecified atom stereocenters. The average Bonchev–Trinajstić information content (AvgIpc) is 2.82. The first kappa shape index (κ1) is 17.2. The minimum absolute atomic E-state index is 0.760. The van der Waals surface area contributed by atoms with Gasteiger partial charge in [-0.2, -0.15) is 0 Å². The van der Waals surface area contributed by atoms with E-state index >= 15 is 0 Å². The quantitative estimate of drug-likeness (QED) is 0.580. The number of hydrogen-bond donors (Lipinski definition) is 0. The van der Waals surface area contributed by atoms with E-state index in [0.717, 1.165) is 30.7 Å². The first-order chi connectivity index (χ1) is 9.50. The molecule has 0 radical (unpaired) electrons. The molecular weight excluding hydrogens is 246 g/mol. The van der Waals surface area contributed by atoms with E-state index in [0.29, 0.717) is 0 Å². The lowest BCUT2D eigenvalue weighted by molar-refractivity contribution is 0.385. The van der Waals surface area contributed by atoms with Crippen molar-refractivity contribution in [3.8, 4) is 0 Å². The number of rotatable bonds is 10. The monoisotopic (exact) mass is 279 g/mol. The van der Waals surface area contributed by atoms with Crippen molar-refractivity contribution >= 4 is 0 Å². The Morgan fingerprint density at radius 1 is 1.00 bits per heavy atom. The summed E-state index contributed by atoms with van der Waals surface area (Å²) in [6, 6.07) is 0. The summed E-state index contributed by atoms with van der Waals surface area (Å²) in [5.74, 6) is 2.36. The first-order valence-electron chi connectivity index (χ1n) is 8.38. The van der Waals surface area contributed by atoms with E-state index in [4.69, 9.17) is 0 Å². The van der Waals surface area contributed by atoms with Crippen molar-refractivity contribution in [3.05, 3.63) is 11.9 Å². The average molecular weight is 279 g/mol. The third kappa shape index (κ3) is 6.53. The second-order valence-electron chi connectivity index (χ2n) is 6.95. The zero-order valence-electron chi connectivity index (χ0n) is 14.1. The molecule has 0 aliphatic carbocycles. The molecule has 20 heavy (non-hydrogen) atoms. The maximum absolute atomic E-state index is 4.24. The summed E-state index contributed by atoms with van der Waals surface area (Å²) in [7, 11) is 0. The van der Waals surface area contributed by atoms with Gasteiger partial charge in [-0.3, -0.25) is 0 Å². The van der Waals surface area contributed by atoms with Gasteiger partial charge in [-0.1, -0.05) is 59.1 Å². The Balaban J connectivity index is 2.28. The molecule has 0 saturated carbocycles. The minimum Gasteiger partial charge on any atom is -0.249 e. The number of hydrogen-bond acceptors (Lipinski definition) is 2. The van der Waals surface area contributed by atoms with E-state index < -0.39 is 0 Å². The van der Waals surface area contributed by atoms with Crippen molar-refractivity contribution < 1.29 is 0 Å². The Morgan fingerprint density at radius 3 is 2.40 bits per heavy atom. The topological polar surface area (TPSA) is 30.7 Å². The van der Waals surface area contributed by atoms with E-state index in [1.54, 1.807) is 0 Å². The van der Waals surface area contributed by atoms with E-state index in [2.05, 4.69) is 49.6 Å². The molecule has 1 rings (SSSR count). The summed E-state index contributed by atoms with van der Waals surface area (Å²) >= 11 is 0. The van der Waals surface area contributed by atoms with Crippen molar-refractivity contribution in [2.75, 3.05) is 0 Å². The summed E-state index contributed by atoms with van der Waals surface area (Å²) < 4.78 is 2.11. The molecule has 0 N–H and O–H groups in total. The van der Waals surface area contributed by atoms with Gasteiger partial charge in [0.25, 0.3) is 0 Å². The number of nitrogens with zero attached hydrogens (tertiary/aromatic N) is 3. The minimum atomic E-state index is 0.760. The third-order valence-corrected chi connectivity index (χ3v) is 4.34. The van der Waals surface area contributed by atoms with Crippen molar-refractivity contribution in [2.45, 2.75) is 79.7 Å². The fourth-order valence-electron chi connectivity index (χ4n) is 2.36. The molecule has 1 heterocycles. The van der Waals surface area contributed by atoms with Crippen LogP contribution >= 0.6 is 0 Å². The van der Waals surface area contributed by atoms with Crippen molar-refractivity contribution in [3.63, 3.8) is 0 Å². The Hall–Kier alpha value is -0.860. The van der Waals surface area contributed by atoms with Crippen LogP contribution in [-0.4, -0.2) is 15.0 Å². The van der Waals surface area contributed by atoms with E-state index in [1.807, 2.05) is 6.20 Å². The predicted molar refractivity (Wildman–Crippen MR) is 85.7 cm³/mol. The van der Waals surface area contributed by atoms with Crippen LogP contribution in [0.5, 0.6) is 0 Å². The zero-order valence-corrected chi connectivity index (χ0v) is 14.1.